The van der Waals surface area contributed by atoms with Crippen molar-refractivity contribution in [1.82, 2.24) is 9.66 Å². The van der Waals surface area contributed by atoms with Gasteiger partial charge in [0.2, 0.25) is 5.75 Å². The molecule has 0 N–H and O–H groups in total. The lowest BCUT2D eigenvalue weighted by molar-refractivity contribution is -0.386. The summed E-state index contributed by atoms with van der Waals surface area (Å²) in [4.78, 5) is 29.1. The van der Waals surface area contributed by atoms with Crippen LogP contribution in [0.2, 0.25) is 0 Å². The van der Waals surface area contributed by atoms with Gasteiger partial charge in [-0.3, -0.25) is 14.9 Å². The first kappa shape index (κ1) is 26.6. The van der Waals surface area contributed by atoms with Gasteiger partial charge in [-0.15, -0.1) is 0 Å². The molecule has 4 rings (SSSR count). The number of nitro benzene ring substituents is 1. The van der Waals surface area contributed by atoms with Gasteiger partial charge in [0.05, 0.1) is 26.5 Å². The number of fused-ring (bicyclic) bond motifs is 1. The summed E-state index contributed by atoms with van der Waals surface area (Å²) in [5.74, 6) is 0.154. The van der Waals surface area contributed by atoms with E-state index in [1.54, 1.807) is 30.3 Å². The highest BCUT2D eigenvalue weighted by molar-refractivity contribution is 9.10. The second kappa shape index (κ2) is 11.7. The molecule has 0 saturated carbocycles. The predicted octanol–water partition coefficient (Wildman–Crippen LogP) is 6.77. The number of hydrogen-bond donors (Lipinski definition) is 0. The van der Waals surface area contributed by atoms with Crippen LogP contribution in [0.25, 0.3) is 10.9 Å². The van der Waals surface area contributed by atoms with Crippen molar-refractivity contribution in [3.05, 3.63) is 107 Å². The van der Waals surface area contributed by atoms with E-state index < -0.39 is 4.92 Å². The SMILES string of the molecule is CCCCc1nc2ccc(Br)cc2c(=O)n1N=Cc1cc(Br)c(OCc2ccc(F)cc2)c([N+](=O)[O-])c1. The van der Waals surface area contributed by atoms with E-state index in [1.165, 1.54) is 29.1 Å². The Bertz CT molecular complexity index is 1560. The Hall–Kier alpha value is -3.44. The third kappa shape index (κ3) is 6.28. The molecule has 8 nitrogen and oxygen atoms in total. The van der Waals surface area contributed by atoms with E-state index in [1.807, 2.05) is 13.0 Å². The van der Waals surface area contributed by atoms with Gasteiger partial charge < -0.3 is 4.74 Å². The lowest BCUT2D eigenvalue weighted by Gasteiger charge is -2.11. The number of rotatable bonds is 9. The molecule has 0 aliphatic rings. The fourth-order valence-corrected chi connectivity index (χ4v) is 4.57. The topological polar surface area (TPSA) is 99.6 Å². The van der Waals surface area contributed by atoms with Crippen molar-refractivity contribution in [1.29, 1.82) is 0 Å². The normalized spacial score (nSPS) is 11.4. The van der Waals surface area contributed by atoms with Gasteiger partial charge in [0.25, 0.3) is 5.56 Å². The summed E-state index contributed by atoms with van der Waals surface area (Å²) < 4.78 is 21.2. The van der Waals surface area contributed by atoms with Crippen molar-refractivity contribution in [2.24, 2.45) is 5.10 Å². The first-order valence-electron chi connectivity index (χ1n) is 11.4. The first-order chi connectivity index (χ1) is 17.8. The van der Waals surface area contributed by atoms with Crippen LogP contribution in [0.4, 0.5) is 10.1 Å². The summed E-state index contributed by atoms with van der Waals surface area (Å²) in [6, 6.07) is 13.9. The van der Waals surface area contributed by atoms with Crippen LogP contribution in [-0.4, -0.2) is 20.8 Å². The largest absolute Gasteiger partial charge is 0.481 e. The molecule has 0 bridgehead atoms. The van der Waals surface area contributed by atoms with Gasteiger partial charge in [0.15, 0.2) is 0 Å². The van der Waals surface area contributed by atoms with Crippen molar-refractivity contribution < 1.29 is 14.1 Å². The van der Waals surface area contributed by atoms with Gasteiger partial charge in [0.1, 0.15) is 18.2 Å². The number of hydrogen-bond acceptors (Lipinski definition) is 6. The Morgan fingerprint density at radius 3 is 2.62 bits per heavy atom. The lowest BCUT2D eigenvalue weighted by atomic mass is 10.2. The van der Waals surface area contributed by atoms with Crippen LogP contribution in [0.5, 0.6) is 5.75 Å². The van der Waals surface area contributed by atoms with Crippen LogP contribution in [0.3, 0.4) is 0 Å². The van der Waals surface area contributed by atoms with E-state index in [9.17, 15) is 19.3 Å². The second-order valence-corrected chi connectivity index (χ2v) is 9.95. The molecule has 1 heterocycles. The van der Waals surface area contributed by atoms with Crippen LogP contribution < -0.4 is 10.3 Å². The number of aryl methyl sites for hydroxylation is 1. The Labute approximate surface area is 228 Å². The predicted molar refractivity (Wildman–Crippen MR) is 147 cm³/mol. The van der Waals surface area contributed by atoms with Gasteiger partial charge in [-0.25, -0.2) is 9.37 Å². The quantitative estimate of drug-likeness (QED) is 0.115. The lowest BCUT2D eigenvalue weighted by Crippen LogP contribution is -2.22. The number of halogens is 3. The number of nitrogens with zero attached hydrogens (tertiary/aromatic N) is 4. The monoisotopic (exact) mass is 630 g/mol. The zero-order chi connectivity index (χ0) is 26.5. The minimum Gasteiger partial charge on any atom is -0.481 e. The molecule has 11 heteroatoms. The molecule has 0 unspecified atom stereocenters. The van der Waals surface area contributed by atoms with Crippen molar-refractivity contribution in [2.45, 2.75) is 32.8 Å². The minimum absolute atomic E-state index is 0.0155. The number of ether oxygens (including phenoxy) is 1. The van der Waals surface area contributed by atoms with Crippen LogP contribution in [0, 0.1) is 15.9 Å². The van der Waals surface area contributed by atoms with E-state index in [2.05, 4.69) is 41.9 Å². The molecule has 1 aromatic heterocycles. The van der Waals surface area contributed by atoms with Crippen LogP contribution in [-0.2, 0) is 13.0 Å². The molecule has 0 fully saturated rings. The maximum atomic E-state index is 13.3. The average Bonchev–Trinajstić information content (AvgIpc) is 2.87. The first-order valence-corrected chi connectivity index (χ1v) is 13.0. The minimum atomic E-state index is -0.559. The number of aromatic nitrogens is 2. The van der Waals surface area contributed by atoms with Crippen LogP contribution >= 0.6 is 31.9 Å². The van der Waals surface area contributed by atoms with Gasteiger partial charge in [-0.1, -0.05) is 41.4 Å². The highest BCUT2D eigenvalue weighted by atomic mass is 79.9. The molecule has 0 spiro atoms. The van der Waals surface area contributed by atoms with Crippen molar-refractivity contribution in [3.8, 4) is 5.75 Å². The molecule has 190 valence electrons. The molecular weight excluding hydrogens is 611 g/mol. The van der Waals surface area contributed by atoms with Gasteiger partial charge >= 0.3 is 5.69 Å². The number of unbranched alkanes of at least 4 members (excludes halogenated alkanes) is 1. The highest BCUT2D eigenvalue weighted by Crippen LogP contribution is 2.36. The van der Waals surface area contributed by atoms with Crippen LogP contribution in [0.1, 0.15) is 36.7 Å². The Kier molecular flexibility index (Phi) is 8.45. The van der Waals surface area contributed by atoms with Crippen molar-refractivity contribution in [3.63, 3.8) is 0 Å². The second-order valence-electron chi connectivity index (χ2n) is 8.18. The average molecular weight is 632 g/mol. The van der Waals surface area contributed by atoms with E-state index in [0.29, 0.717) is 38.7 Å². The summed E-state index contributed by atoms with van der Waals surface area (Å²) >= 11 is 6.73. The molecule has 0 aliphatic carbocycles. The molecular formula is C26H21Br2FN4O4. The Balaban J connectivity index is 1.70. The van der Waals surface area contributed by atoms with Gasteiger partial charge in [-0.05, 0) is 64.3 Å². The maximum absolute atomic E-state index is 13.3. The molecule has 0 atom stereocenters. The molecule has 4 aromatic rings. The highest BCUT2D eigenvalue weighted by Gasteiger charge is 2.20. The zero-order valence-corrected chi connectivity index (χ0v) is 22.8. The summed E-state index contributed by atoms with van der Waals surface area (Å²) in [7, 11) is 0. The van der Waals surface area contributed by atoms with Gasteiger partial charge in [-0.2, -0.15) is 9.78 Å². The molecule has 3 aromatic carbocycles. The van der Waals surface area contributed by atoms with E-state index >= 15 is 0 Å². The smallest absolute Gasteiger partial charge is 0.312 e. The van der Waals surface area contributed by atoms with E-state index in [0.717, 1.165) is 17.3 Å². The van der Waals surface area contributed by atoms with E-state index in [-0.39, 0.29) is 29.4 Å². The van der Waals surface area contributed by atoms with Crippen molar-refractivity contribution in [2.75, 3.05) is 0 Å². The maximum Gasteiger partial charge on any atom is 0.312 e. The summed E-state index contributed by atoms with van der Waals surface area (Å²) in [6.45, 7) is 2.06. The van der Waals surface area contributed by atoms with Gasteiger partial charge in [0, 0.05) is 22.5 Å². The molecule has 0 saturated heterocycles. The third-order valence-electron chi connectivity index (χ3n) is 5.49. The van der Waals surface area contributed by atoms with Crippen LogP contribution in [0.15, 0.2) is 73.4 Å². The summed E-state index contributed by atoms with van der Waals surface area (Å²) in [6.07, 6.45) is 3.66. The number of nitro groups is 1. The fourth-order valence-electron chi connectivity index (χ4n) is 3.62. The molecule has 0 amide bonds. The zero-order valence-electron chi connectivity index (χ0n) is 19.7. The fraction of sp³-hybridized carbons (Fsp3) is 0.192. The Morgan fingerprint density at radius 1 is 1.16 bits per heavy atom. The Morgan fingerprint density at radius 2 is 1.92 bits per heavy atom. The molecule has 0 aliphatic heterocycles. The molecule has 0 radical (unpaired) electrons. The number of benzene rings is 3. The summed E-state index contributed by atoms with van der Waals surface area (Å²) in [5.41, 5.74) is 1.00. The molecule has 37 heavy (non-hydrogen) atoms. The van der Waals surface area contributed by atoms with E-state index in [4.69, 9.17) is 4.74 Å². The standard InChI is InChI=1S/C26H21Br2FN4O4/c1-2-3-4-24-31-22-10-7-18(27)13-20(22)26(34)32(24)30-14-17-11-21(28)25(23(12-17)33(35)36)37-15-16-5-8-19(29)9-6-16/h5-14H,2-4,15H2,1H3. The summed E-state index contributed by atoms with van der Waals surface area (Å²) in [5, 5.41) is 16.6. The van der Waals surface area contributed by atoms with Crippen molar-refractivity contribution >= 4 is 54.7 Å². The third-order valence-corrected chi connectivity index (χ3v) is 6.57.